The molecular formula is C12H23N. The zero-order chi connectivity index (χ0) is 9.84. The van der Waals surface area contributed by atoms with Crippen molar-refractivity contribution in [2.45, 2.75) is 33.6 Å². The Labute approximate surface area is 82.6 Å². The predicted molar refractivity (Wildman–Crippen MR) is 58.7 cm³/mol. The van der Waals surface area contributed by atoms with E-state index in [4.69, 9.17) is 0 Å². The molecule has 76 valence electrons. The van der Waals surface area contributed by atoms with Gasteiger partial charge in [0.05, 0.1) is 0 Å². The van der Waals surface area contributed by atoms with E-state index in [1.165, 1.54) is 31.5 Å². The van der Waals surface area contributed by atoms with Gasteiger partial charge in [0.2, 0.25) is 0 Å². The second-order valence-corrected chi connectivity index (χ2v) is 4.71. The smallest absolute Gasteiger partial charge is 0.00177 e. The third-order valence-corrected chi connectivity index (χ3v) is 3.49. The molecule has 1 rings (SSSR count). The van der Waals surface area contributed by atoms with Gasteiger partial charge in [-0.2, -0.15) is 0 Å². The van der Waals surface area contributed by atoms with Crippen molar-refractivity contribution in [1.29, 1.82) is 0 Å². The molecule has 0 aliphatic carbocycles. The molecule has 0 radical (unpaired) electrons. The van der Waals surface area contributed by atoms with Crippen LogP contribution in [0, 0.1) is 17.8 Å². The summed E-state index contributed by atoms with van der Waals surface area (Å²) in [6.45, 7) is 13.3. The normalized spacial score (nSPS) is 31.3. The Hall–Kier alpha value is -0.300. The Bertz CT molecular complexity index is 174. The molecule has 0 aromatic rings. The first-order valence-electron chi connectivity index (χ1n) is 5.47. The maximum absolute atomic E-state index is 4.03. The van der Waals surface area contributed by atoms with Crippen molar-refractivity contribution in [2.75, 3.05) is 13.1 Å². The van der Waals surface area contributed by atoms with E-state index < -0.39 is 0 Å². The van der Waals surface area contributed by atoms with Gasteiger partial charge in [0, 0.05) is 0 Å². The molecule has 1 aliphatic rings. The van der Waals surface area contributed by atoms with Crippen molar-refractivity contribution in [3.63, 3.8) is 0 Å². The molecule has 1 heterocycles. The second kappa shape index (κ2) is 4.80. The average molecular weight is 181 g/mol. The lowest BCUT2D eigenvalue weighted by atomic mass is 9.80. The van der Waals surface area contributed by atoms with Crippen LogP contribution in [0.1, 0.15) is 33.6 Å². The van der Waals surface area contributed by atoms with Crippen molar-refractivity contribution < 1.29 is 0 Å². The minimum atomic E-state index is 0.687. The van der Waals surface area contributed by atoms with E-state index in [0.717, 1.165) is 11.8 Å². The summed E-state index contributed by atoms with van der Waals surface area (Å²) in [5, 5.41) is 3.48. The Morgan fingerprint density at radius 2 is 2.31 bits per heavy atom. The number of hydrogen-bond donors (Lipinski definition) is 1. The number of hydrogen-bond acceptors (Lipinski definition) is 1. The Morgan fingerprint density at radius 3 is 2.85 bits per heavy atom. The molecule has 1 nitrogen and oxygen atoms in total. The van der Waals surface area contributed by atoms with Crippen molar-refractivity contribution in [3.8, 4) is 0 Å². The van der Waals surface area contributed by atoms with Gasteiger partial charge in [-0.25, -0.2) is 0 Å². The third kappa shape index (κ3) is 3.15. The molecule has 0 saturated carbocycles. The van der Waals surface area contributed by atoms with Gasteiger partial charge >= 0.3 is 0 Å². The molecule has 1 aliphatic heterocycles. The molecule has 3 unspecified atom stereocenters. The van der Waals surface area contributed by atoms with Gasteiger partial charge in [0.1, 0.15) is 0 Å². The largest absolute Gasteiger partial charge is 0.316 e. The van der Waals surface area contributed by atoms with Gasteiger partial charge in [-0.15, -0.1) is 0 Å². The second-order valence-electron chi connectivity index (χ2n) is 4.71. The number of allylic oxidation sites excluding steroid dienone is 1. The zero-order valence-corrected chi connectivity index (χ0v) is 9.27. The highest BCUT2D eigenvalue weighted by molar-refractivity contribution is 4.95. The van der Waals surface area contributed by atoms with E-state index in [0.29, 0.717) is 5.92 Å². The first-order valence-corrected chi connectivity index (χ1v) is 5.47. The number of rotatable bonds is 3. The van der Waals surface area contributed by atoms with Gasteiger partial charge in [-0.1, -0.05) is 26.0 Å². The molecule has 0 spiro atoms. The monoisotopic (exact) mass is 181 g/mol. The van der Waals surface area contributed by atoms with Crippen molar-refractivity contribution in [2.24, 2.45) is 17.8 Å². The summed E-state index contributed by atoms with van der Waals surface area (Å²) in [6.07, 6.45) is 2.65. The van der Waals surface area contributed by atoms with Crippen LogP contribution in [0.3, 0.4) is 0 Å². The first kappa shape index (κ1) is 10.8. The fraction of sp³-hybridized carbons (Fsp3) is 0.833. The lowest BCUT2D eigenvalue weighted by Crippen LogP contribution is -2.36. The molecule has 3 atom stereocenters. The van der Waals surface area contributed by atoms with E-state index in [1.54, 1.807) is 0 Å². The molecule has 0 aromatic carbocycles. The fourth-order valence-corrected chi connectivity index (χ4v) is 2.03. The summed E-state index contributed by atoms with van der Waals surface area (Å²) in [6, 6.07) is 0. The van der Waals surface area contributed by atoms with Crippen LogP contribution in [-0.4, -0.2) is 13.1 Å². The summed E-state index contributed by atoms with van der Waals surface area (Å²) in [7, 11) is 0. The Morgan fingerprint density at radius 1 is 1.62 bits per heavy atom. The molecule has 0 aromatic heterocycles. The number of nitrogens with one attached hydrogen (secondary N) is 1. The molecular weight excluding hydrogens is 158 g/mol. The fourth-order valence-electron chi connectivity index (χ4n) is 2.03. The molecule has 1 saturated heterocycles. The highest BCUT2D eigenvalue weighted by Crippen LogP contribution is 2.27. The Kier molecular flexibility index (Phi) is 3.98. The van der Waals surface area contributed by atoms with Crippen LogP contribution < -0.4 is 5.32 Å². The molecule has 0 bridgehead atoms. The van der Waals surface area contributed by atoms with E-state index in [9.17, 15) is 0 Å². The van der Waals surface area contributed by atoms with Crippen LogP contribution in [0.4, 0.5) is 0 Å². The maximum Gasteiger partial charge on any atom is -0.00177 e. The highest BCUT2D eigenvalue weighted by Gasteiger charge is 2.22. The standard InChI is InChI=1S/C12H23N/c1-9(2)11(4)7-12-8-13-6-5-10(12)3/h10-13H,1,5-8H2,2-4H3. The van der Waals surface area contributed by atoms with E-state index >= 15 is 0 Å². The SMILES string of the molecule is C=C(C)C(C)CC1CNCCC1C. The first-order chi connectivity index (χ1) is 6.11. The third-order valence-electron chi connectivity index (χ3n) is 3.49. The minimum absolute atomic E-state index is 0.687. The van der Waals surface area contributed by atoms with Crippen molar-refractivity contribution in [1.82, 2.24) is 5.32 Å². The molecule has 13 heavy (non-hydrogen) atoms. The molecule has 1 fully saturated rings. The molecule has 1 heteroatoms. The average Bonchev–Trinajstić information content (AvgIpc) is 2.08. The van der Waals surface area contributed by atoms with Gasteiger partial charge in [-0.05, 0) is 50.6 Å². The van der Waals surface area contributed by atoms with Gasteiger partial charge in [-0.3, -0.25) is 0 Å². The van der Waals surface area contributed by atoms with Gasteiger partial charge in [0.25, 0.3) is 0 Å². The molecule has 0 amide bonds. The lowest BCUT2D eigenvalue weighted by molar-refractivity contribution is 0.241. The van der Waals surface area contributed by atoms with Crippen molar-refractivity contribution >= 4 is 0 Å². The number of piperidine rings is 1. The van der Waals surface area contributed by atoms with E-state index in [1.807, 2.05) is 0 Å². The van der Waals surface area contributed by atoms with Gasteiger partial charge in [0.15, 0.2) is 0 Å². The lowest BCUT2D eigenvalue weighted by Gasteiger charge is -2.31. The maximum atomic E-state index is 4.03. The highest BCUT2D eigenvalue weighted by atomic mass is 14.9. The summed E-state index contributed by atoms with van der Waals surface area (Å²) in [4.78, 5) is 0. The van der Waals surface area contributed by atoms with Crippen LogP contribution in [0.15, 0.2) is 12.2 Å². The van der Waals surface area contributed by atoms with E-state index in [2.05, 4.69) is 32.7 Å². The predicted octanol–water partition coefficient (Wildman–Crippen LogP) is 2.83. The summed E-state index contributed by atoms with van der Waals surface area (Å²) < 4.78 is 0. The van der Waals surface area contributed by atoms with Crippen LogP contribution in [-0.2, 0) is 0 Å². The van der Waals surface area contributed by atoms with Crippen LogP contribution in [0.5, 0.6) is 0 Å². The van der Waals surface area contributed by atoms with Crippen LogP contribution in [0.25, 0.3) is 0 Å². The summed E-state index contributed by atoms with van der Waals surface area (Å²) >= 11 is 0. The quantitative estimate of drug-likeness (QED) is 0.660. The Balaban J connectivity index is 2.37. The van der Waals surface area contributed by atoms with Crippen molar-refractivity contribution in [3.05, 3.63) is 12.2 Å². The molecule has 1 N–H and O–H groups in total. The van der Waals surface area contributed by atoms with Crippen LogP contribution >= 0.6 is 0 Å². The summed E-state index contributed by atoms with van der Waals surface area (Å²) in [5.74, 6) is 2.44. The zero-order valence-electron chi connectivity index (χ0n) is 9.27. The summed E-state index contributed by atoms with van der Waals surface area (Å²) in [5.41, 5.74) is 1.33. The van der Waals surface area contributed by atoms with Gasteiger partial charge < -0.3 is 5.32 Å². The van der Waals surface area contributed by atoms with Crippen LogP contribution in [0.2, 0.25) is 0 Å². The van der Waals surface area contributed by atoms with E-state index in [-0.39, 0.29) is 0 Å². The topological polar surface area (TPSA) is 12.0 Å². The minimum Gasteiger partial charge on any atom is -0.316 e.